The third-order valence-corrected chi connectivity index (χ3v) is 3.13. The molecular weight excluding hydrogens is 332 g/mol. The molecule has 5 nitrogen and oxygen atoms in total. The molecule has 0 amide bonds. The van der Waals surface area contributed by atoms with Crippen molar-refractivity contribution in [3.63, 3.8) is 0 Å². The van der Waals surface area contributed by atoms with E-state index in [1.807, 2.05) is 0 Å². The molecule has 7 heteroatoms. The standard InChI is InChI=1S/C18H21F2NO4/c1-10(2)8-24-17(22)14(18(23)25-9-11(3)4)13-6-5-12(7-21)15(19)16(13)20/h5-6,10-11,14H,8-9H2,1-4H3. The highest BCUT2D eigenvalue weighted by atomic mass is 19.2. The van der Waals surface area contributed by atoms with Gasteiger partial charge in [-0.15, -0.1) is 0 Å². The minimum Gasteiger partial charge on any atom is -0.465 e. The highest BCUT2D eigenvalue weighted by Gasteiger charge is 2.35. The van der Waals surface area contributed by atoms with E-state index in [2.05, 4.69) is 0 Å². The van der Waals surface area contributed by atoms with Crippen molar-refractivity contribution in [2.75, 3.05) is 13.2 Å². The Hall–Kier alpha value is -2.49. The number of hydrogen-bond donors (Lipinski definition) is 0. The fraction of sp³-hybridized carbons (Fsp3) is 0.500. The van der Waals surface area contributed by atoms with E-state index >= 15 is 0 Å². The van der Waals surface area contributed by atoms with Crippen molar-refractivity contribution in [1.82, 2.24) is 0 Å². The van der Waals surface area contributed by atoms with Crippen molar-refractivity contribution in [2.24, 2.45) is 11.8 Å². The summed E-state index contributed by atoms with van der Waals surface area (Å²) in [6, 6.07) is 3.52. The first-order chi connectivity index (χ1) is 11.7. The molecule has 0 unspecified atom stereocenters. The Bertz CT molecular complexity index is 656. The maximum absolute atomic E-state index is 14.3. The normalized spacial score (nSPS) is 10.9. The number of benzene rings is 1. The number of carbonyl (C=O) groups is 2. The van der Waals surface area contributed by atoms with E-state index in [1.54, 1.807) is 27.7 Å². The highest BCUT2D eigenvalue weighted by Crippen LogP contribution is 2.26. The lowest BCUT2D eigenvalue weighted by atomic mass is 9.97. The second-order valence-corrected chi connectivity index (χ2v) is 6.42. The molecule has 0 N–H and O–H groups in total. The first-order valence-electron chi connectivity index (χ1n) is 7.90. The third kappa shape index (κ3) is 5.52. The van der Waals surface area contributed by atoms with E-state index in [1.165, 1.54) is 6.07 Å². The number of ether oxygens (including phenoxy) is 2. The van der Waals surface area contributed by atoms with Gasteiger partial charge in [0, 0.05) is 5.56 Å². The molecule has 0 aliphatic rings. The minimum atomic E-state index is -1.75. The van der Waals surface area contributed by atoms with E-state index in [9.17, 15) is 18.4 Å². The average Bonchev–Trinajstić information content (AvgIpc) is 2.55. The monoisotopic (exact) mass is 353 g/mol. The van der Waals surface area contributed by atoms with Crippen LogP contribution in [0.15, 0.2) is 12.1 Å². The van der Waals surface area contributed by atoms with Crippen LogP contribution in [-0.2, 0) is 19.1 Å². The summed E-state index contributed by atoms with van der Waals surface area (Å²) in [6.45, 7) is 7.21. The van der Waals surface area contributed by atoms with Gasteiger partial charge in [-0.2, -0.15) is 5.26 Å². The largest absolute Gasteiger partial charge is 0.465 e. The summed E-state index contributed by atoms with van der Waals surface area (Å²) in [5.41, 5.74) is -1.04. The third-order valence-electron chi connectivity index (χ3n) is 3.13. The highest BCUT2D eigenvalue weighted by molar-refractivity contribution is 6.01. The Morgan fingerprint density at radius 3 is 1.88 bits per heavy atom. The van der Waals surface area contributed by atoms with Gasteiger partial charge in [-0.1, -0.05) is 33.8 Å². The first kappa shape index (κ1) is 20.6. The van der Waals surface area contributed by atoms with Crippen LogP contribution in [0, 0.1) is 34.8 Å². The van der Waals surface area contributed by atoms with Crippen molar-refractivity contribution in [3.8, 4) is 6.07 Å². The molecule has 0 aromatic heterocycles. The number of halogens is 2. The topological polar surface area (TPSA) is 76.4 Å². The Morgan fingerprint density at radius 1 is 1.00 bits per heavy atom. The Kier molecular flexibility index (Phi) is 7.49. The van der Waals surface area contributed by atoms with Crippen LogP contribution in [0.4, 0.5) is 8.78 Å². The van der Waals surface area contributed by atoms with Gasteiger partial charge >= 0.3 is 11.9 Å². The zero-order chi connectivity index (χ0) is 19.1. The van der Waals surface area contributed by atoms with E-state index in [0.29, 0.717) is 0 Å². The summed E-state index contributed by atoms with van der Waals surface area (Å²) in [5.74, 6) is -6.65. The van der Waals surface area contributed by atoms with Gasteiger partial charge in [0.15, 0.2) is 17.6 Å². The van der Waals surface area contributed by atoms with Crippen LogP contribution in [-0.4, -0.2) is 25.2 Å². The second-order valence-electron chi connectivity index (χ2n) is 6.42. The lowest BCUT2D eigenvalue weighted by Gasteiger charge is -2.18. The van der Waals surface area contributed by atoms with Gasteiger partial charge in [0.1, 0.15) is 6.07 Å². The number of rotatable bonds is 7. The first-order valence-corrected chi connectivity index (χ1v) is 7.90. The molecular formula is C18H21F2NO4. The Morgan fingerprint density at radius 2 is 1.48 bits per heavy atom. The molecule has 1 aromatic carbocycles. The Balaban J connectivity index is 3.22. The summed E-state index contributed by atoms with van der Waals surface area (Å²) in [6.07, 6.45) is 0. The molecule has 1 aromatic rings. The number of nitrogens with zero attached hydrogens (tertiary/aromatic N) is 1. The lowest BCUT2D eigenvalue weighted by Crippen LogP contribution is -2.29. The van der Waals surface area contributed by atoms with Crippen molar-refractivity contribution in [2.45, 2.75) is 33.6 Å². The van der Waals surface area contributed by atoms with Crippen LogP contribution in [0.25, 0.3) is 0 Å². The minimum absolute atomic E-state index is 0.00108. The molecule has 0 bridgehead atoms. The fourth-order valence-electron chi connectivity index (χ4n) is 1.89. The van der Waals surface area contributed by atoms with Crippen molar-refractivity contribution in [1.29, 1.82) is 5.26 Å². The van der Waals surface area contributed by atoms with E-state index in [4.69, 9.17) is 14.7 Å². The van der Waals surface area contributed by atoms with Gasteiger partial charge in [0.2, 0.25) is 0 Å². The maximum Gasteiger partial charge on any atom is 0.325 e. The van der Waals surface area contributed by atoms with Crippen LogP contribution in [0.2, 0.25) is 0 Å². The molecule has 136 valence electrons. The van der Waals surface area contributed by atoms with E-state index < -0.39 is 40.6 Å². The van der Waals surface area contributed by atoms with Gasteiger partial charge in [-0.3, -0.25) is 9.59 Å². The SMILES string of the molecule is CC(C)COC(=O)C(C(=O)OCC(C)C)c1ccc(C#N)c(F)c1F. The summed E-state index contributed by atoms with van der Waals surface area (Å²) in [7, 11) is 0. The summed E-state index contributed by atoms with van der Waals surface area (Å²) in [5, 5.41) is 8.74. The average molecular weight is 353 g/mol. The molecule has 0 atom stereocenters. The van der Waals surface area contributed by atoms with Gasteiger partial charge in [0.25, 0.3) is 0 Å². The van der Waals surface area contributed by atoms with Crippen molar-refractivity contribution < 1.29 is 27.8 Å². The summed E-state index contributed by atoms with van der Waals surface area (Å²) < 4.78 is 38.2. The molecule has 25 heavy (non-hydrogen) atoms. The molecule has 1 rings (SSSR count). The van der Waals surface area contributed by atoms with Crippen LogP contribution in [0.5, 0.6) is 0 Å². The van der Waals surface area contributed by atoms with Gasteiger partial charge in [0.05, 0.1) is 18.8 Å². The second kappa shape index (κ2) is 9.11. The van der Waals surface area contributed by atoms with Crippen LogP contribution < -0.4 is 0 Å². The lowest BCUT2D eigenvalue weighted by molar-refractivity contribution is -0.158. The predicted molar refractivity (Wildman–Crippen MR) is 85.4 cm³/mol. The zero-order valence-electron chi connectivity index (χ0n) is 14.6. The molecule has 0 fully saturated rings. The van der Waals surface area contributed by atoms with E-state index in [0.717, 1.165) is 12.1 Å². The zero-order valence-corrected chi connectivity index (χ0v) is 14.6. The number of carbonyl (C=O) groups excluding carboxylic acids is 2. The van der Waals surface area contributed by atoms with Crippen LogP contribution in [0.1, 0.15) is 44.7 Å². The van der Waals surface area contributed by atoms with Crippen LogP contribution >= 0.6 is 0 Å². The summed E-state index contributed by atoms with van der Waals surface area (Å²) in [4.78, 5) is 24.6. The summed E-state index contributed by atoms with van der Waals surface area (Å²) >= 11 is 0. The van der Waals surface area contributed by atoms with Gasteiger partial charge in [-0.05, 0) is 17.9 Å². The molecule has 0 spiro atoms. The molecule has 0 aliphatic heterocycles. The smallest absolute Gasteiger partial charge is 0.325 e. The van der Waals surface area contributed by atoms with Gasteiger partial charge < -0.3 is 9.47 Å². The molecule has 0 saturated carbocycles. The van der Waals surface area contributed by atoms with Crippen molar-refractivity contribution in [3.05, 3.63) is 34.9 Å². The quantitative estimate of drug-likeness (QED) is 0.555. The molecule has 0 saturated heterocycles. The molecule has 0 aliphatic carbocycles. The number of hydrogen-bond acceptors (Lipinski definition) is 5. The molecule has 0 heterocycles. The van der Waals surface area contributed by atoms with E-state index in [-0.39, 0.29) is 25.0 Å². The van der Waals surface area contributed by atoms with Gasteiger partial charge in [-0.25, -0.2) is 8.78 Å². The van der Waals surface area contributed by atoms with Crippen LogP contribution in [0.3, 0.4) is 0 Å². The number of esters is 2. The van der Waals surface area contributed by atoms with Crippen molar-refractivity contribution >= 4 is 11.9 Å². The predicted octanol–water partition coefficient (Wildman–Crippen LogP) is 3.32. The number of nitriles is 1. The maximum atomic E-state index is 14.3. The Labute approximate surface area is 145 Å². The molecule has 0 radical (unpaired) electrons. The fourth-order valence-corrected chi connectivity index (χ4v) is 1.89.